The monoisotopic (exact) mass is 206 g/mol. The van der Waals surface area contributed by atoms with Crippen LogP contribution >= 0.6 is 0 Å². The quantitative estimate of drug-likeness (QED) is 0.717. The largest absolute Gasteiger partial charge is 0.384 e. The minimum atomic E-state index is 0.225. The van der Waals surface area contributed by atoms with Gasteiger partial charge in [-0.3, -0.25) is 0 Å². The van der Waals surface area contributed by atoms with Crippen molar-refractivity contribution in [2.24, 2.45) is 5.41 Å². The number of rotatable bonds is 5. The van der Waals surface area contributed by atoms with Gasteiger partial charge in [0.05, 0.1) is 6.61 Å². The Balaban J connectivity index is 2.64. The molecular weight excluding hydrogens is 184 g/mol. The summed E-state index contributed by atoms with van der Waals surface area (Å²) < 4.78 is 5.22. The van der Waals surface area contributed by atoms with Crippen LogP contribution in [0.1, 0.15) is 31.9 Å². The van der Waals surface area contributed by atoms with Crippen molar-refractivity contribution in [3.8, 4) is 0 Å². The number of hydrogen-bond acceptors (Lipinski definition) is 1. The average Bonchev–Trinajstić information content (AvgIpc) is 2.18. The molecule has 84 valence electrons. The van der Waals surface area contributed by atoms with E-state index in [-0.39, 0.29) is 5.41 Å². The van der Waals surface area contributed by atoms with Gasteiger partial charge in [-0.25, -0.2) is 0 Å². The molecule has 0 N–H and O–H groups in total. The van der Waals surface area contributed by atoms with Crippen LogP contribution in [0.2, 0.25) is 0 Å². The van der Waals surface area contributed by atoms with Crippen LogP contribution in [-0.4, -0.2) is 13.7 Å². The molecule has 1 heteroatoms. The predicted octanol–water partition coefficient (Wildman–Crippen LogP) is 3.46. The summed E-state index contributed by atoms with van der Waals surface area (Å²) in [4.78, 5) is 0. The van der Waals surface area contributed by atoms with Gasteiger partial charge >= 0.3 is 0 Å². The standard InChI is InChI=1S/C14H22O/c1-5-12-6-8-13(9-7-12)10-14(2,3)11-15-4/h6-9H,5,10-11H2,1-4H3. The Bertz CT molecular complexity index is 285. The molecule has 0 atom stereocenters. The van der Waals surface area contributed by atoms with E-state index in [4.69, 9.17) is 4.74 Å². The van der Waals surface area contributed by atoms with Crippen LogP contribution < -0.4 is 0 Å². The molecule has 0 unspecified atom stereocenters. The smallest absolute Gasteiger partial charge is 0.0516 e. The highest BCUT2D eigenvalue weighted by atomic mass is 16.5. The van der Waals surface area contributed by atoms with Gasteiger partial charge in [-0.2, -0.15) is 0 Å². The van der Waals surface area contributed by atoms with Gasteiger partial charge in [0.2, 0.25) is 0 Å². The van der Waals surface area contributed by atoms with Gasteiger partial charge in [0, 0.05) is 7.11 Å². The van der Waals surface area contributed by atoms with E-state index in [1.54, 1.807) is 7.11 Å². The third-order valence-corrected chi connectivity index (χ3v) is 2.65. The molecule has 0 aliphatic rings. The van der Waals surface area contributed by atoms with E-state index in [2.05, 4.69) is 45.0 Å². The zero-order valence-electron chi connectivity index (χ0n) is 10.3. The maximum Gasteiger partial charge on any atom is 0.0516 e. The first-order valence-corrected chi connectivity index (χ1v) is 5.64. The Morgan fingerprint density at radius 1 is 1.07 bits per heavy atom. The topological polar surface area (TPSA) is 9.23 Å². The fourth-order valence-corrected chi connectivity index (χ4v) is 1.89. The lowest BCUT2D eigenvalue weighted by Gasteiger charge is -2.23. The Kier molecular flexibility index (Phi) is 4.34. The molecule has 1 rings (SSSR count). The van der Waals surface area contributed by atoms with E-state index in [1.165, 1.54) is 11.1 Å². The third-order valence-electron chi connectivity index (χ3n) is 2.65. The fraction of sp³-hybridized carbons (Fsp3) is 0.571. The third kappa shape index (κ3) is 4.05. The van der Waals surface area contributed by atoms with Crippen LogP contribution in [0.25, 0.3) is 0 Å². The molecule has 0 bridgehead atoms. The number of methoxy groups -OCH3 is 1. The van der Waals surface area contributed by atoms with Gasteiger partial charge in [0.15, 0.2) is 0 Å². The average molecular weight is 206 g/mol. The van der Waals surface area contributed by atoms with Crippen LogP contribution in [0.4, 0.5) is 0 Å². The van der Waals surface area contributed by atoms with E-state index in [0.717, 1.165) is 19.4 Å². The van der Waals surface area contributed by atoms with Gasteiger partial charge < -0.3 is 4.74 Å². The van der Waals surface area contributed by atoms with Gasteiger partial charge in [0.1, 0.15) is 0 Å². The maximum absolute atomic E-state index is 5.22. The minimum Gasteiger partial charge on any atom is -0.384 e. The van der Waals surface area contributed by atoms with Gasteiger partial charge in [-0.05, 0) is 29.4 Å². The molecule has 15 heavy (non-hydrogen) atoms. The maximum atomic E-state index is 5.22. The summed E-state index contributed by atoms with van der Waals surface area (Å²) in [7, 11) is 1.77. The second-order valence-electron chi connectivity index (χ2n) is 4.94. The van der Waals surface area contributed by atoms with Crippen molar-refractivity contribution in [3.63, 3.8) is 0 Å². The lowest BCUT2D eigenvalue weighted by atomic mass is 9.86. The molecule has 0 radical (unpaired) electrons. The van der Waals surface area contributed by atoms with Crippen LogP contribution in [0.15, 0.2) is 24.3 Å². The van der Waals surface area contributed by atoms with Crippen molar-refractivity contribution in [1.29, 1.82) is 0 Å². The molecule has 1 aromatic carbocycles. The zero-order valence-corrected chi connectivity index (χ0v) is 10.3. The van der Waals surface area contributed by atoms with Crippen molar-refractivity contribution < 1.29 is 4.74 Å². The summed E-state index contributed by atoms with van der Waals surface area (Å²) in [6.45, 7) is 7.47. The lowest BCUT2D eigenvalue weighted by molar-refractivity contribution is 0.105. The SMILES string of the molecule is CCc1ccc(CC(C)(C)COC)cc1. The first-order chi connectivity index (χ1) is 7.07. The second-order valence-corrected chi connectivity index (χ2v) is 4.94. The zero-order chi connectivity index (χ0) is 11.3. The predicted molar refractivity (Wildman–Crippen MR) is 65.2 cm³/mol. The molecule has 0 saturated carbocycles. The molecule has 1 aromatic rings. The molecule has 0 saturated heterocycles. The number of ether oxygens (including phenoxy) is 1. The summed E-state index contributed by atoms with van der Waals surface area (Å²) >= 11 is 0. The molecule has 0 aliphatic heterocycles. The minimum absolute atomic E-state index is 0.225. The highest BCUT2D eigenvalue weighted by molar-refractivity contribution is 5.23. The molecule has 0 spiro atoms. The summed E-state index contributed by atoms with van der Waals surface area (Å²) in [5.41, 5.74) is 3.03. The van der Waals surface area contributed by atoms with Crippen LogP contribution in [0.3, 0.4) is 0 Å². The number of benzene rings is 1. The Morgan fingerprint density at radius 3 is 2.07 bits per heavy atom. The van der Waals surface area contributed by atoms with Crippen molar-refractivity contribution in [3.05, 3.63) is 35.4 Å². The lowest BCUT2D eigenvalue weighted by Crippen LogP contribution is -2.21. The summed E-state index contributed by atoms with van der Waals surface area (Å²) in [6, 6.07) is 8.91. The van der Waals surface area contributed by atoms with Gasteiger partial charge in [-0.15, -0.1) is 0 Å². The summed E-state index contributed by atoms with van der Waals surface area (Å²) in [5, 5.41) is 0. The van der Waals surface area contributed by atoms with E-state index >= 15 is 0 Å². The Morgan fingerprint density at radius 2 is 1.60 bits per heavy atom. The Labute approximate surface area is 93.5 Å². The Hall–Kier alpha value is -0.820. The highest BCUT2D eigenvalue weighted by Crippen LogP contribution is 2.22. The molecule has 0 heterocycles. The molecule has 0 aromatic heterocycles. The van der Waals surface area contributed by atoms with Crippen LogP contribution in [0.5, 0.6) is 0 Å². The molecular formula is C14H22O. The molecule has 0 amide bonds. The van der Waals surface area contributed by atoms with Crippen molar-refractivity contribution in [1.82, 2.24) is 0 Å². The van der Waals surface area contributed by atoms with E-state index in [9.17, 15) is 0 Å². The molecule has 1 nitrogen and oxygen atoms in total. The van der Waals surface area contributed by atoms with Crippen molar-refractivity contribution >= 4 is 0 Å². The summed E-state index contributed by atoms with van der Waals surface area (Å²) in [6.07, 6.45) is 2.19. The number of hydrogen-bond donors (Lipinski definition) is 0. The van der Waals surface area contributed by atoms with E-state index < -0.39 is 0 Å². The van der Waals surface area contributed by atoms with Crippen LogP contribution in [-0.2, 0) is 17.6 Å². The fourth-order valence-electron chi connectivity index (χ4n) is 1.89. The normalized spacial score (nSPS) is 11.7. The second kappa shape index (κ2) is 5.32. The number of aryl methyl sites for hydroxylation is 1. The summed E-state index contributed by atoms with van der Waals surface area (Å²) in [5.74, 6) is 0. The van der Waals surface area contributed by atoms with Gasteiger partial charge in [-0.1, -0.05) is 45.0 Å². The van der Waals surface area contributed by atoms with Gasteiger partial charge in [0.25, 0.3) is 0 Å². The van der Waals surface area contributed by atoms with E-state index in [1.807, 2.05) is 0 Å². The molecule has 0 aliphatic carbocycles. The van der Waals surface area contributed by atoms with Crippen LogP contribution in [0, 0.1) is 5.41 Å². The van der Waals surface area contributed by atoms with Crippen molar-refractivity contribution in [2.75, 3.05) is 13.7 Å². The molecule has 0 fully saturated rings. The van der Waals surface area contributed by atoms with E-state index in [0.29, 0.717) is 0 Å². The highest BCUT2D eigenvalue weighted by Gasteiger charge is 2.17. The first-order valence-electron chi connectivity index (χ1n) is 5.64. The first kappa shape index (κ1) is 12.3. The van der Waals surface area contributed by atoms with Crippen molar-refractivity contribution in [2.45, 2.75) is 33.6 Å².